The molecule has 0 aliphatic rings. The van der Waals surface area contributed by atoms with Crippen molar-refractivity contribution in [3.63, 3.8) is 0 Å². The summed E-state index contributed by atoms with van der Waals surface area (Å²) in [5.74, 6) is -1.89. The molecule has 0 aliphatic carbocycles. The molecule has 4 aromatic rings. The molecular weight excluding hydrogens is 756 g/mol. The van der Waals surface area contributed by atoms with Crippen LogP contribution in [0.3, 0.4) is 0 Å². The molecule has 0 saturated heterocycles. The molecule has 0 atom stereocenters. The van der Waals surface area contributed by atoms with Crippen molar-refractivity contribution in [2.45, 2.75) is 26.2 Å². The summed E-state index contributed by atoms with van der Waals surface area (Å²) in [5.41, 5.74) is -5.45. The van der Waals surface area contributed by atoms with Gasteiger partial charge in [-0.1, -0.05) is 46.4 Å². The fraction of sp³-hybridized carbons (Fsp3) is 0.200. The van der Waals surface area contributed by atoms with E-state index in [1.165, 1.54) is 13.8 Å². The Morgan fingerprint density at radius 1 is 0.592 bits per heavy atom. The van der Waals surface area contributed by atoms with E-state index in [2.05, 4.69) is 0 Å². The first-order valence-corrected chi connectivity index (χ1v) is 15.0. The minimum absolute atomic E-state index is 0.207. The highest BCUT2D eigenvalue weighted by molar-refractivity contribution is 6.40. The summed E-state index contributed by atoms with van der Waals surface area (Å²) < 4.78 is 98.7. The van der Waals surface area contributed by atoms with Gasteiger partial charge < -0.3 is 14.2 Å². The van der Waals surface area contributed by atoms with E-state index in [4.69, 9.17) is 60.6 Å². The predicted molar refractivity (Wildman–Crippen MR) is 170 cm³/mol. The number of ether oxygens (including phenoxy) is 3. The van der Waals surface area contributed by atoms with Crippen LogP contribution in [0.25, 0.3) is 22.3 Å². The van der Waals surface area contributed by atoms with Crippen molar-refractivity contribution in [2.24, 2.45) is 0 Å². The first-order chi connectivity index (χ1) is 22.8. The zero-order valence-electron chi connectivity index (χ0n) is 24.6. The lowest BCUT2D eigenvalue weighted by Crippen LogP contribution is -2.07. The highest BCUT2D eigenvalue weighted by Gasteiger charge is 2.36. The molecule has 49 heavy (non-hydrogen) atoms. The van der Waals surface area contributed by atoms with E-state index in [9.17, 15) is 46.6 Å². The average Bonchev–Trinajstić information content (AvgIpc) is 2.97. The van der Waals surface area contributed by atoms with Crippen molar-refractivity contribution < 1.29 is 50.4 Å². The SMILES string of the molecule is CCOc1c([N+](=O)[O-])ccc(Oc2ccc([N+](=O)[O-])c(OCC)c2-c2c(Cl)cc(C(F)(F)F)cc2Cl)c1-c1c(Cl)cc(C(F)(F)F)cc1Cl. The quantitative estimate of drug-likeness (QED) is 0.0895. The summed E-state index contributed by atoms with van der Waals surface area (Å²) in [6.45, 7) is 2.49. The van der Waals surface area contributed by atoms with Gasteiger partial charge in [0.25, 0.3) is 0 Å². The van der Waals surface area contributed by atoms with Gasteiger partial charge in [-0.2, -0.15) is 26.3 Å². The zero-order valence-corrected chi connectivity index (χ0v) is 27.6. The smallest absolute Gasteiger partial charge is 0.416 e. The van der Waals surface area contributed by atoms with Gasteiger partial charge in [0, 0.05) is 23.3 Å². The van der Waals surface area contributed by atoms with E-state index in [1.807, 2.05) is 0 Å². The molecule has 0 bridgehead atoms. The highest BCUT2D eigenvalue weighted by atomic mass is 35.5. The lowest BCUT2D eigenvalue weighted by molar-refractivity contribution is -0.385. The Kier molecular flexibility index (Phi) is 11.0. The first kappa shape index (κ1) is 37.6. The standard InChI is InChI=1S/C30H18Cl4F6N2O7/c1-3-47-27-19(41(43)44)5-7-21(25(27)23-15(31)9-13(10-16(23)32)29(35,36)37)49-22-8-6-20(42(45)46)28(48-4-2)26(22)24-17(33)11-14(12-18(24)34)30(38,39)40/h5-12H,3-4H2,1-2H3. The number of hydrogen-bond donors (Lipinski definition) is 0. The molecule has 0 saturated carbocycles. The molecule has 0 spiro atoms. The topological polar surface area (TPSA) is 114 Å². The van der Waals surface area contributed by atoms with Crippen molar-refractivity contribution in [3.8, 4) is 45.3 Å². The first-order valence-electron chi connectivity index (χ1n) is 13.5. The van der Waals surface area contributed by atoms with Crippen LogP contribution < -0.4 is 14.2 Å². The van der Waals surface area contributed by atoms with Crippen LogP contribution >= 0.6 is 46.4 Å². The van der Waals surface area contributed by atoms with Gasteiger partial charge >= 0.3 is 23.7 Å². The van der Waals surface area contributed by atoms with Crippen molar-refractivity contribution in [1.29, 1.82) is 0 Å². The molecule has 0 unspecified atom stereocenters. The number of benzene rings is 4. The molecule has 0 amide bonds. The third kappa shape index (κ3) is 7.69. The lowest BCUT2D eigenvalue weighted by atomic mass is 9.98. The Morgan fingerprint density at radius 3 is 1.14 bits per heavy atom. The summed E-state index contributed by atoms with van der Waals surface area (Å²) in [4.78, 5) is 22.3. The van der Waals surface area contributed by atoms with Gasteiger partial charge in [-0.15, -0.1) is 0 Å². The van der Waals surface area contributed by atoms with E-state index in [1.54, 1.807) is 0 Å². The second-order valence-electron chi connectivity index (χ2n) is 9.68. The molecule has 0 aliphatic heterocycles. The second kappa shape index (κ2) is 14.4. The van der Waals surface area contributed by atoms with E-state index in [-0.39, 0.29) is 13.2 Å². The lowest BCUT2D eigenvalue weighted by Gasteiger charge is -2.22. The van der Waals surface area contributed by atoms with Crippen molar-refractivity contribution in [1.82, 2.24) is 0 Å². The third-order valence-corrected chi connectivity index (χ3v) is 7.82. The fourth-order valence-electron chi connectivity index (χ4n) is 4.69. The molecule has 0 aromatic heterocycles. The number of nitrogens with zero attached hydrogens (tertiary/aromatic N) is 2. The molecule has 19 heteroatoms. The Labute approximate surface area is 292 Å². The van der Waals surface area contributed by atoms with Crippen LogP contribution in [-0.4, -0.2) is 23.1 Å². The predicted octanol–water partition coefficient (Wildman–Crippen LogP) is 12.1. The normalized spacial score (nSPS) is 11.8. The molecule has 260 valence electrons. The third-order valence-electron chi connectivity index (χ3n) is 6.63. The van der Waals surface area contributed by atoms with Crippen LogP contribution in [0.4, 0.5) is 37.7 Å². The summed E-state index contributed by atoms with van der Waals surface area (Å²) in [6.07, 6.45) is -9.78. The van der Waals surface area contributed by atoms with Crippen LogP contribution in [0.5, 0.6) is 23.0 Å². The van der Waals surface area contributed by atoms with Gasteiger partial charge in [0.15, 0.2) is 0 Å². The fourth-order valence-corrected chi connectivity index (χ4v) is 6.04. The molecule has 0 heterocycles. The van der Waals surface area contributed by atoms with Crippen molar-refractivity contribution in [2.75, 3.05) is 13.2 Å². The number of halogens is 10. The Bertz CT molecular complexity index is 1790. The van der Waals surface area contributed by atoms with E-state index in [0.717, 1.165) is 24.3 Å². The van der Waals surface area contributed by atoms with Crippen molar-refractivity contribution in [3.05, 3.63) is 100.0 Å². The van der Waals surface area contributed by atoms with Crippen LogP contribution in [0, 0.1) is 20.2 Å². The monoisotopic (exact) mass is 772 g/mol. The molecule has 4 rings (SSSR count). The van der Waals surface area contributed by atoms with Crippen LogP contribution in [0.15, 0.2) is 48.5 Å². The maximum absolute atomic E-state index is 13.6. The van der Waals surface area contributed by atoms with Crippen LogP contribution in [0.2, 0.25) is 20.1 Å². The average molecular weight is 774 g/mol. The van der Waals surface area contributed by atoms with Gasteiger partial charge in [-0.05, 0) is 50.2 Å². The van der Waals surface area contributed by atoms with E-state index >= 15 is 0 Å². The number of hydrogen-bond acceptors (Lipinski definition) is 7. The van der Waals surface area contributed by atoms with Gasteiger partial charge in [-0.3, -0.25) is 20.2 Å². The molecule has 0 N–H and O–H groups in total. The molecule has 9 nitrogen and oxygen atoms in total. The summed E-state index contributed by atoms with van der Waals surface area (Å²) in [5, 5.41) is 21.5. The van der Waals surface area contributed by atoms with Gasteiger partial charge in [0.1, 0.15) is 11.5 Å². The van der Waals surface area contributed by atoms with Gasteiger partial charge in [0.05, 0.1) is 65.4 Å². The Hall–Kier alpha value is -4.18. The minimum atomic E-state index is -4.89. The Morgan fingerprint density at radius 2 is 0.898 bits per heavy atom. The summed E-state index contributed by atoms with van der Waals surface area (Å²) in [7, 11) is 0. The van der Waals surface area contributed by atoms with E-state index < -0.39 is 110 Å². The maximum Gasteiger partial charge on any atom is 0.416 e. The van der Waals surface area contributed by atoms with Gasteiger partial charge in [0.2, 0.25) is 11.5 Å². The van der Waals surface area contributed by atoms with Crippen molar-refractivity contribution >= 4 is 57.8 Å². The Balaban J connectivity index is 2.13. The molecule has 4 aromatic carbocycles. The molecule has 0 fully saturated rings. The maximum atomic E-state index is 13.6. The minimum Gasteiger partial charge on any atom is -0.487 e. The highest BCUT2D eigenvalue weighted by Crippen LogP contribution is 2.55. The number of rotatable bonds is 10. The van der Waals surface area contributed by atoms with E-state index in [0.29, 0.717) is 24.3 Å². The summed E-state index contributed by atoms with van der Waals surface area (Å²) in [6, 6.07) is 5.98. The number of nitro benzene ring substituents is 2. The van der Waals surface area contributed by atoms with Crippen LogP contribution in [-0.2, 0) is 12.4 Å². The van der Waals surface area contributed by atoms with Crippen LogP contribution in [0.1, 0.15) is 25.0 Å². The largest absolute Gasteiger partial charge is 0.487 e. The molecule has 0 radical (unpaired) electrons. The number of alkyl halides is 6. The summed E-state index contributed by atoms with van der Waals surface area (Å²) >= 11 is 25.2. The zero-order chi connectivity index (χ0) is 36.6. The second-order valence-corrected chi connectivity index (χ2v) is 11.3. The number of nitro groups is 2. The molecular formula is C30H18Cl4F6N2O7. The van der Waals surface area contributed by atoms with Gasteiger partial charge in [-0.25, -0.2) is 0 Å².